The Hall–Kier alpha value is -1.05. The smallest absolute Gasteiger partial charge is 0.163 e. The second kappa shape index (κ2) is 8.14. The third-order valence-electron chi connectivity index (χ3n) is 2.54. The van der Waals surface area contributed by atoms with Gasteiger partial charge in [0.25, 0.3) is 0 Å². The molecule has 0 heterocycles. The van der Waals surface area contributed by atoms with Crippen LogP contribution in [0.2, 0.25) is 0 Å². The van der Waals surface area contributed by atoms with E-state index in [1.54, 1.807) is 14.0 Å². The molecule has 16 heavy (non-hydrogen) atoms. The summed E-state index contributed by atoms with van der Waals surface area (Å²) in [6.45, 7) is 7.88. The van der Waals surface area contributed by atoms with Crippen LogP contribution >= 0.6 is 0 Å². The number of carbonyl (C=O) groups excluding carboxylic acids is 1. The summed E-state index contributed by atoms with van der Waals surface area (Å²) in [5, 5.41) is 0. The molecule has 92 valence electrons. The molecule has 0 aliphatic rings. The largest absolute Gasteiger partial charge is 0.496 e. The molecule has 0 N–H and O–H groups in total. The Bertz CT molecular complexity index is 285. The topological polar surface area (TPSA) is 26.3 Å². The van der Waals surface area contributed by atoms with Gasteiger partial charge in [-0.25, -0.2) is 0 Å². The van der Waals surface area contributed by atoms with E-state index in [-0.39, 0.29) is 5.78 Å². The molecule has 0 aliphatic carbocycles. The van der Waals surface area contributed by atoms with E-state index in [2.05, 4.69) is 13.8 Å². The number of ether oxygens (including phenoxy) is 1. The molecule has 0 amide bonds. The third kappa shape index (κ3) is 4.21. The average Bonchev–Trinajstić information content (AvgIpc) is 2.26. The molecule has 0 bridgehead atoms. The van der Waals surface area contributed by atoms with Crippen molar-refractivity contribution in [3.05, 3.63) is 23.0 Å². The molecular weight excluding hydrogens is 200 g/mol. The maximum absolute atomic E-state index is 11.7. The van der Waals surface area contributed by atoms with E-state index >= 15 is 0 Å². The maximum atomic E-state index is 11.7. The van der Waals surface area contributed by atoms with Gasteiger partial charge in [-0.3, -0.25) is 4.79 Å². The van der Waals surface area contributed by atoms with Crippen LogP contribution in [0.5, 0.6) is 0 Å². The molecule has 0 atom stereocenters. The predicted octanol–water partition coefficient (Wildman–Crippen LogP) is 4.02. The summed E-state index contributed by atoms with van der Waals surface area (Å²) in [6, 6.07) is 0. The van der Waals surface area contributed by atoms with Gasteiger partial charge >= 0.3 is 0 Å². The van der Waals surface area contributed by atoms with Crippen LogP contribution in [0.15, 0.2) is 23.0 Å². The monoisotopic (exact) mass is 224 g/mol. The zero-order chi connectivity index (χ0) is 12.6. The predicted molar refractivity (Wildman–Crippen MR) is 68.3 cm³/mol. The minimum absolute atomic E-state index is 0.104. The van der Waals surface area contributed by atoms with Crippen LogP contribution in [0.1, 0.15) is 53.4 Å². The molecule has 0 radical (unpaired) electrons. The van der Waals surface area contributed by atoms with E-state index in [0.29, 0.717) is 0 Å². The minimum Gasteiger partial charge on any atom is -0.496 e. The summed E-state index contributed by atoms with van der Waals surface area (Å²) in [4.78, 5) is 11.7. The van der Waals surface area contributed by atoms with Gasteiger partial charge in [0, 0.05) is 0 Å². The Morgan fingerprint density at radius 3 is 2.19 bits per heavy atom. The van der Waals surface area contributed by atoms with Crippen LogP contribution < -0.4 is 0 Å². The fourth-order valence-electron chi connectivity index (χ4n) is 1.85. The number of Topliss-reactive ketones (excluding diaryl/α,β-unsaturated/α-hetero) is 1. The molecule has 0 saturated heterocycles. The van der Waals surface area contributed by atoms with Crippen molar-refractivity contribution in [2.45, 2.75) is 53.4 Å². The lowest BCUT2D eigenvalue weighted by atomic mass is 9.96. The molecule has 0 saturated carbocycles. The van der Waals surface area contributed by atoms with E-state index in [1.807, 2.05) is 13.0 Å². The lowest BCUT2D eigenvalue weighted by molar-refractivity contribution is -0.113. The van der Waals surface area contributed by atoms with Crippen molar-refractivity contribution < 1.29 is 9.53 Å². The van der Waals surface area contributed by atoms with Gasteiger partial charge in [0.2, 0.25) is 0 Å². The van der Waals surface area contributed by atoms with Gasteiger partial charge in [-0.15, -0.1) is 0 Å². The number of rotatable bonds is 7. The van der Waals surface area contributed by atoms with Gasteiger partial charge in [0.1, 0.15) is 5.76 Å². The first-order valence-electron chi connectivity index (χ1n) is 6.09. The van der Waals surface area contributed by atoms with Crippen LogP contribution in [-0.2, 0) is 9.53 Å². The van der Waals surface area contributed by atoms with E-state index in [1.165, 1.54) is 5.57 Å². The van der Waals surface area contributed by atoms with Gasteiger partial charge in [0.15, 0.2) is 5.78 Å². The molecule has 0 aromatic rings. The summed E-state index contributed by atoms with van der Waals surface area (Å²) in [5.41, 5.74) is 1.99. The second-order valence-corrected chi connectivity index (χ2v) is 3.82. The summed E-state index contributed by atoms with van der Waals surface area (Å²) >= 11 is 0. The Balaban J connectivity index is 5.40. The van der Waals surface area contributed by atoms with E-state index in [4.69, 9.17) is 4.74 Å². The van der Waals surface area contributed by atoms with Crippen LogP contribution in [-0.4, -0.2) is 12.9 Å². The van der Waals surface area contributed by atoms with E-state index in [9.17, 15) is 4.79 Å². The summed E-state index contributed by atoms with van der Waals surface area (Å²) < 4.78 is 5.33. The second-order valence-electron chi connectivity index (χ2n) is 3.82. The van der Waals surface area contributed by atoms with Crippen molar-refractivity contribution in [1.29, 1.82) is 0 Å². The molecule has 0 spiro atoms. The number of methoxy groups -OCH3 is 1. The fraction of sp³-hybridized carbons (Fsp3) is 0.643. The normalized spacial score (nSPS) is 13.4. The Kier molecular flexibility index (Phi) is 7.61. The number of hydrogen-bond acceptors (Lipinski definition) is 2. The average molecular weight is 224 g/mol. The fourth-order valence-corrected chi connectivity index (χ4v) is 1.85. The Morgan fingerprint density at radius 1 is 1.25 bits per heavy atom. The summed E-state index contributed by atoms with van der Waals surface area (Å²) in [7, 11) is 1.63. The van der Waals surface area contributed by atoms with Crippen LogP contribution in [0, 0.1) is 0 Å². The zero-order valence-electron chi connectivity index (χ0n) is 11.2. The van der Waals surface area contributed by atoms with E-state index in [0.717, 1.165) is 37.0 Å². The van der Waals surface area contributed by atoms with Gasteiger partial charge < -0.3 is 4.74 Å². The molecule has 0 aromatic heterocycles. The Morgan fingerprint density at radius 2 is 1.88 bits per heavy atom. The molecular formula is C14H24O2. The molecule has 0 rings (SSSR count). The first kappa shape index (κ1) is 14.9. The van der Waals surface area contributed by atoms with Crippen LogP contribution in [0.25, 0.3) is 0 Å². The highest BCUT2D eigenvalue weighted by molar-refractivity contribution is 5.97. The first-order valence-corrected chi connectivity index (χ1v) is 6.09. The van der Waals surface area contributed by atoms with Crippen molar-refractivity contribution in [2.24, 2.45) is 0 Å². The Labute approximate surface area is 99.4 Å². The van der Waals surface area contributed by atoms with Gasteiger partial charge in [-0.2, -0.15) is 0 Å². The standard InChI is InChI=1S/C14H24O2/c1-6-9-12(8-3)14(11(4)15)13(16-5)10-7-2/h10H,6-9H2,1-5H3/b13-10+,14-12+. The highest BCUT2D eigenvalue weighted by Gasteiger charge is 2.15. The minimum atomic E-state index is 0.104. The molecule has 2 heteroatoms. The number of carbonyl (C=O) groups is 1. The third-order valence-corrected chi connectivity index (χ3v) is 2.54. The van der Waals surface area contributed by atoms with Gasteiger partial charge in [-0.05, 0) is 32.3 Å². The molecule has 0 aromatic carbocycles. The molecule has 0 unspecified atom stereocenters. The van der Waals surface area contributed by atoms with Gasteiger partial charge in [0.05, 0.1) is 12.7 Å². The van der Waals surface area contributed by atoms with Crippen molar-refractivity contribution in [2.75, 3.05) is 7.11 Å². The van der Waals surface area contributed by atoms with Crippen molar-refractivity contribution in [3.63, 3.8) is 0 Å². The van der Waals surface area contributed by atoms with Crippen molar-refractivity contribution >= 4 is 5.78 Å². The number of ketones is 1. The number of allylic oxidation sites excluding steroid dienone is 3. The van der Waals surface area contributed by atoms with Crippen LogP contribution in [0.4, 0.5) is 0 Å². The lowest BCUT2D eigenvalue weighted by Crippen LogP contribution is -2.06. The first-order chi connectivity index (χ1) is 7.62. The highest BCUT2D eigenvalue weighted by atomic mass is 16.5. The summed E-state index contributed by atoms with van der Waals surface area (Å²) in [5.74, 6) is 0.840. The highest BCUT2D eigenvalue weighted by Crippen LogP contribution is 2.23. The zero-order valence-corrected chi connectivity index (χ0v) is 11.2. The van der Waals surface area contributed by atoms with E-state index < -0.39 is 0 Å². The number of hydrogen-bond donors (Lipinski definition) is 0. The SMILES string of the molecule is CC/C=C(OC)\C(C(C)=O)=C(/CC)CCC. The van der Waals surface area contributed by atoms with Crippen molar-refractivity contribution in [1.82, 2.24) is 0 Å². The quantitative estimate of drug-likeness (QED) is 0.371. The van der Waals surface area contributed by atoms with Crippen molar-refractivity contribution in [3.8, 4) is 0 Å². The summed E-state index contributed by atoms with van der Waals surface area (Å²) in [6.07, 6.45) is 5.79. The molecule has 0 fully saturated rings. The van der Waals surface area contributed by atoms with Crippen LogP contribution in [0.3, 0.4) is 0 Å². The maximum Gasteiger partial charge on any atom is 0.163 e. The molecule has 0 aliphatic heterocycles. The molecule has 2 nitrogen and oxygen atoms in total. The lowest BCUT2D eigenvalue weighted by Gasteiger charge is -2.14. The van der Waals surface area contributed by atoms with Gasteiger partial charge in [-0.1, -0.05) is 32.8 Å².